The summed E-state index contributed by atoms with van der Waals surface area (Å²) in [4.78, 5) is 0. The number of nitrogens with two attached hydrogens (primary N) is 1. The van der Waals surface area contributed by atoms with Crippen LogP contribution in [-0.2, 0) is 5.54 Å². The summed E-state index contributed by atoms with van der Waals surface area (Å²) in [5.41, 5.74) is 9.11. The van der Waals surface area contributed by atoms with Crippen molar-refractivity contribution in [2.45, 2.75) is 37.3 Å². The molecule has 2 heteroatoms. The molecule has 2 aromatic rings. The van der Waals surface area contributed by atoms with Gasteiger partial charge >= 0.3 is 0 Å². The molecule has 0 unspecified atom stereocenters. The highest BCUT2D eigenvalue weighted by Crippen LogP contribution is 2.49. The van der Waals surface area contributed by atoms with Crippen molar-refractivity contribution in [3.63, 3.8) is 0 Å². The lowest BCUT2D eigenvalue weighted by molar-refractivity contribution is 0.622. The minimum absolute atomic E-state index is 0.0123. The summed E-state index contributed by atoms with van der Waals surface area (Å²) in [5.74, 6) is 0. The Morgan fingerprint density at radius 2 is 1.94 bits per heavy atom. The van der Waals surface area contributed by atoms with Crippen LogP contribution in [0.2, 0.25) is 0 Å². The zero-order chi connectivity index (χ0) is 10.8. The van der Waals surface area contributed by atoms with E-state index in [9.17, 15) is 0 Å². The van der Waals surface area contributed by atoms with Gasteiger partial charge in [0.2, 0.25) is 0 Å². The highest BCUT2D eigenvalue weighted by molar-refractivity contribution is 5.82. The van der Waals surface area contributed by atoms with E-state index in [0.29, 0.717) is 0 Å². The summed E-state index contributed by atoms with van der Waals surface area (Å²) >= 11 is 0. The average molecular weight is 212 g/mol. The van der Waals surface area contributed by atoms with Crippen LogP contribution in [0, 0.1) is 0 Å². The topological polar surface area (TPSA) is 30.9 Å². The Bertz CT molecular complexity index is 559. The first-order valence-electron chi connectivity index (χ1n) is 6.17. The van der Waals surface area contributed by atoms with Gasteiger partial charge < -0.3 is 10.3 Å². The summed E-state index contributed by atoms with van der Waals surface area (Å²) in [6.07, 6.45) is 4.94. The fourth-order valence-electron chi connectivity index (χ4n) is 2.68. The molecule has 16 heavy (non-hydrogen) atoms. The molecule has 2 nitrogen and oxygen atoms in total. The molecular weight excluding hydrogens is 196 g/mol. The third-order valence-electron chi connectivity index (χ3n) is 3.96. The lowest BCUT2D eigenvalue weighted by Gasteiger charge is -2.14. The first kappa shape index (κ1) is 8.82. The van der Waals surface area contributed by atoms with Crippen molar-refractivity contribution in [3.05, 3.63) is 36.0 Å². The van der Waals surface area contributed by atoms with E-state index in [2.05, 4.69) is 34.9 Å². The molecule has 0 spiro atoms. The molecule has 0 radical (unpaired) electrons. The Morgan fingerprint density at radius 3 is 2.62 bits per heavy atom. The van der Waals surface area contributed by atoms with Crippen molar-refractivity contribution in [1.29, 1.82) is 0 Å². The van der Waals surface area contributed by atoms with Gasteiger partial charge in [-0.15, -0.1) is 0 Å². The van der Waals surface area contributed by atoms with Crippen molar-refractivity contribution < 1.29 is 0 Å². The van der Waals surface area contributed by atoms with Crippen LogP contribution in [0.1, 0.15) is 37.4 Å². The van der Waals surface area contributed by atoms with Crippen LogP contribution < -0.4 is 5.73 Å². The summed E-state index contributed by atoms with van der Waals surface area (Å²) < 4.78 is 2.50. The Labute approximate surface area is 95.1 Å². The predicted molar refractivity (Wildman–Crippen MR) is 65.3 cm³/mol. The number of rotatable bonds is 2. The number of hydrogen-bond donors (Lipinski definition) is 1. The molecular formula is C14H16N2. The van der Waals surface area contributed by atoms with Crippen LogP contribution in [0.5, 0.6) is 0 Å². The van der Waals surface area contributed by atoms with E-state index >= 15 is 0 Å². The second-order valence-corrected chi connectivity index (χ2v) is 5.35. The van der Waals surface area contributed by atoms with Crippen LogP contribution in [0.3, 0.4) is 0 Å². The molecule has 0 aliphatic heterocycles. The van der Waals surface area contributed by atoms with E-state index in [1.54, 1.807) is 0 Å². The van der Waals surface area contributed by atoms with Gasteiger partial charge in [0.25, 0.3) is 0 Å². The summed E-state index contributed by atoms with van der Waals surface area (Å²) in [6, 6.07) is 11.7. The van der Waals surface area contributed by atoms with Crippen molar-refractivity contribution in [2.24, 2.45) is 5.73 Å². The van der Waals surface area contributed by atoms with E-state index < -0.39 is 0 Å². The van der Waals surface area contributed by atoms with Crippen LogP contribution in [0.25, 0.3) is 10.9 Å². The molecule has 82 valence electrons. The Balaban J connectivity index is 2.03. The standard InChI is InChI=1S/C14H16N2/c15-14(7-8-14)13-9-10-3-1-2-4-12(10)16(13)11-5-6-11/h1-4,9,11H,5-8,15H2. The van der Waals surface area contributed by atoms with Gasteiger partial charge in [-0.3, -0.25) is 0 Å². The van der Waals surface area contributed by atoms with Crippen LogP contribution in [-0.4, -0.2) is 4.57 Å². The third kappa shape index (κ3) is 1.11. The maximum Gasteiger partial charge on any atom is 0.0565 e. The second-order valence-electron chi connectivity index (χ2n) is 5.35. The van der Waals surface area contributed by atoms with Gasteiger partial charge in [0.1, 0.15) is 0 Å². The van der Waals surface area contributed by atoms with Gasteiger partial charge in [-0.05, 0) is 43.2 Å². The summed E-state index contributed by atoms with van der Waals surface area (Å²) in [5, 5.41) is 1.35. The molecule has 2 N–H and O–H groups in total. The Morgan fingerprint density at radius 1 is 1.19 bits per heavy atom. The molecule has 0 saturated heterocycles. The minimum atomic E-state index is -0.0123. The van der Waals surface area contributed by atoms with Crippen molar-refractivity contribution >= 4 is 10.9 Å². The van der Waals surface area contributed by atoms with E-state index in [0.717, 1.165) is 18.9 Å². The zero-order valence-corrected chi connectivity index (χ0v) is 9.32. The predicted octanol–water partition coefficient (Wildman–Crippen LogP) is 2.92. The maximum atomic E-state index is 6.38. The molecule has 1 aromatic carbocycles. The van der Waals surface area contributed by atoms with Crippen molar-refractivity contribution in [1.82, 2.24) is 4.57 Å². The molecule has 2 fully saturated rings. The van der Waals surface area contributed by atoms with Gasteiger partial charge in [0.05, 0.1) is 5.54 Å². The molecule has 0 bridgehead atoms. The summed E-state index contributed by atoms with van der Waals surface area (Å²) in [7, 11) is 0. The van der Waals surface area contributed by atoms with Crippen molar-refractivity contribution in [3.8, 4) is 0 Å². The maximum absolute atomic E-state index is 6.38. The molecule has 2 saturated carbocycles. The first-order chi connectivity index (χ1) is 7.78. The fraction of sp³-hybridized carbons (Fsp3) is 0.429. The lowest BCUT2D eigenvalue weighted by Crippen LogP contribution is -2.22. The second kappa shape index (κ2) is 2.69. The number of nitrogens with zero attached hydrogens (tertiary/aromatic N) is 1. The first-order valence-corrected chi connectivity index (χ1v) is 6.17. The van der Waals surface area contributed by atoms with Gasteiger partial charge in [0.15, 0.2) is 0 Å². The smallest absolute Gasteiger partial charge is 0.0565 e. The Hall–Kier alpha value is -1.28. The fourth-order valence-corrected chi connectivity index (χ4v) is 2.68. The van der Waals surface area contributed by atoms with Gasteiger partial charge in [0, 0.05) is 17.3 Å². The van der Waals surface area contributed by atoms with Crippen LogP contribution in [0.15, 0.2) is 30.3 Å². The van der Waals surface area contributed by atoms with Crippen LogP contribution >= 0.6 is 0 Å². The number of hydrogen-bond acceptors (Lipinski definition) is 1. The quantitative estimate of drug-likeness (QED) is 0.815. The van der Waals surface area contributed by atoms with E-state index in [-0.39, 0.29) is 5.54 Å². The minimum Gasteiger partial charge on any atom is -0.340 e. The number of benzene rings is 1. The lowest BCUT2D eigenvalue weighted by atomic mass is 10.2. The third-order valence-corrected chi connectivity index (χ3v) is 3.96. The molecule has 1 aromatic heterocycles. The van der Waals surface area contributed by atoms with E-state index in [4.69, 9.17) is 5.73 Å². The molecule has 1 heterocycles. The SMILES string of the molecule is NC1(c2cc3ccccc3n2C2CC2)CC1. The number of fused-ring (bicyclic) bond motifs is 1. The highest BCUT2D eigenvalue weighted by atomic mass is 15.1. The monoisotopic (exact) mass is 212 g/mol. The molecule has 0 amide bonds. The number of para-hydroxylation sites is 1. The van der Waals surface area contributed by atoms with Gasteiger partial charge in [-0.1, -0.05) is 18.2 Å². The Kier molecular flexibility index (Phi) is 1.48. The average Bonchev–Trinajstić information content (AvgIpc) is 3.20. The van der Waals surface area contributed by atoms with E-state index in [1.165, 1.54) is 29.4 Å². The normalized spacial score (nSPS) is 22.6. The molecule has 2 aliphatic rings. The summed E-state index contributed by atoms with van der Waals surface area (Å²) in [6.45, 7) is 0. The van der Waals surface area contributed by atoms with Crippen LogP contribution in [0.4, 0.5) is 0 Å². The largest absolute Gasteiger partial charge is 0.340 e. The van der Waals surface area contributed by atoms with E-state index in [1.807, 2.05) is 0 Å². The highest BCUT2D eigenvalue weighted by Gasteiger charge is 2.44. The zero-order valence-electron chi connectivity index (χ0n) is 9.32. The number of aromatic nitrogens is 1. The van der Waals surface area contributed by atoms with Gasteiger partial charge in [-0.2, -0.15) is 0 Å². The van der Waals surface area contributed by atoms with Crippen molar-refractivity contribution in [2.75, 3.05) is 0 Å². The van der Waals surface area contributed by atoms with Gasteiger partial charge in [-0.25, -0.2) is 0 Å². The molecule has 2 aliphatic carbocycles. The molecule has 4 rings (SSSR count). The molecule has 0 atom stereocenters.